The second-order valence-electron chi connectivity index (χ2n) is 8.27. The lowest BCUT2D eigenvalue weighted by Crippen LogP contribution is -2.06. The van der Waals surface area contributed by atoms with Gasteiger partial charge in [0.15, 0.2) is 5.78 Å². The van der Waals surface area contributed by atoms with E-state index in [1.807, 2.05) is 67.6 Å². The number of allylic oxidation sites excluding steroid dienone is 1. The van der Waals surface area contributed by atoms with Gasteiger partial charge in [-0.15, -0.1) is 0 Å². The van der Waals surface area contributed by atoms with E-state index in [-0.39, 0.29) is 16.9 Å². The van der Waals surface area contributed by atoms with Gasteiger partial charge in [-0.05, 0) is 60.5 Å². The van der Waals surface area contributed by atoms with Crippen molar-refractivity contribution in [2.45, 2.75) is 26.4 Å². The number of rotatable bonds is 11. The third kappa shape index (κ3) is 6.36. The minimum Gasteiger partial charge on any atom is -0.493 e. The molecule has 3 aromatic carbocycles. The lowest BCUT2D eigenvalue weighted by molar-refractivity contribution is 0.0697. The molecule has 4 aromatic rings. The standard InChI is InChI=1S/C30H27NO5/c1-2-3-18-35-29-17-12-23(30(33)34)19-26(29)28(32)16-10-21-8-14-25(15-9-21)36-20-24-13-11-22-6-4-5-7-27(22)31-24/h4-17,19H,2-3,18,20H2,1H3,(H,33,34)/b16-10+. The van der Waals surface area contributed by atoms with Gasteiger partial charge in [0.25, 0.3) is 0 Å². The maximum Gasteiger partial charge on any atom is 0.335 e. The first-order valence-electron chi connectivity index (χ1n) is 11.8. The van der Waals surface area contributed by atoms with Gasteiger partial charge in [0.05, 0.1) is 28.9 Å². The molecule has 0 bridgehead atoms. The topological polar surface area (TPSA) is 85.7 Å². The zero-order chi connectivity index (χ0) is 25.3. The van der Waals surface area contributed by atoms with E-state index in [9.17, 15) is 14.7 Å². The highest BCUT2D eigenvalue weighted by molar-refractivity contribution is 6.09. The molecular weight excluding hydrogens is 454 g/mol. The SMILES string of the molecule is CCCCOc1ccc(C(=O)O)cc1C(=O)/C=C/c1ccc(OCc2ccc3ccccc3n2)cc1. The number of nitrogens with zero attached hydrogens (tertiary/aromatic N) is 1. The number of hydrogen-bond acceptors (Lipinski definition) is 5. The van der Waals surface area contributed by atoms with Crippen molar-refractivity contribution >= 4 is 28.7 Å². The van der Waals surface area contributed by atoms with Gasteiger partial charge in [0.1, 0.15) is 18.1 Å². The molecule has 1 heterocycles. The van der Waals surface area contributed by atoms with Crippen LogP contribution in [-0.4, -0.2) is 28.4 Å². The smallest absolute Gasteiger partial charge is 0.335 e. The average Bonchev–Trinajstić information content (AvgIpc) is 2.91. The number of hydrogen-bond donors (Lipinski definition) is 1. The number of carbonyl (C=O) groups excluding carboxylic acids is 1. The zero-order valence-electron chi connectivity index (χ0n) is 20.0. The Balaban J connectivity index is 1.41. The van der Waals surface area contributed by atoms with Crippen molar-refractivity contribution in [3.05, 3.63) is 107 Å². The van der Waals surface area contributed by atoms with Crippen molar-refractivity contribution < 1.29 is 24.2 Å². The molecule has 0 spiro atoms. The second-order valence-corrected chi connectivity index (χ2v) is 8.27. The van der Waals surface area contributed by atoms with Crippen LogP contribution in [0.1, 0.15) is 51.7 Å². The van der Waals surface area contributed by atoms with E-state index in [2.05, 4.69) is 4.98 Å². The quantitative estimate of drug-likeness (QED) is 0.148. The van der Waals surface area contributed by atoms with E-state index in [4.69, 9.17) is 9.47 Å². The van der Waals surface area contributed by atoms with Gasteiger partial charge in [-0.2, -0.15) is 0 Å². The first kappa shape index (κ1) is 24.7. The fourth-order valence-corrected chi connectivity index (χ4v) is 3.59. The van der Waals surface area contributed by atoms with E-state index in [1.165, 1.54) is 24.3 Å². The van der Waals surface area contributed by atoms with Crippen molar-refractivity contribution in [3.8, 4) is 11.5 Å². The Morgan fingerprint density at radius 1 is 0.944 bits per heavy atom. The maximum atomic E-state index is 12.9. The molecule has 1 N–H and O–H groups in total. The van der Waals surface area contributed by atoms with Crippen LogP contribution >= 0.6 is 0 Å². The summed E-state index contributed by atoms with van der Waals surface area (Å²) in [5.41, 5.74) is 2.84. The molecule has 0 aliphatic heterocycles. The van der Waals surface area contributed by atoms with E-state index in [0.717, 1.165) is 35.0 Å². The Labute approximate surface area is 209 Å². The number of carboxylic acids is 1. The molecule has 0 saturated heterocycles. The number of aromatic nitrogens is 1. The summed E-state index contributed by atoms with van der Waals surface area (Å²) in [6.07, 6.45) is 4.90. The molecule has 182 valence electrons. The van der Waals surface area contributed by atoms with Crippen LogP contribution in [0.2, 0.25) is 0 Å². The Bertz CT molecular complexity index is 1390. The van der Waals surface area contributed by atoms with Gasteiger partial charge in [-0.25, -0.2) is 9.78 Å². The number of benzene rings is 3. The van der Waals surface area contributed by atoms with E-state index < -0.39 is 5.97 Å². The molecule has 6 nitrogen and oxygen atoms in total. The lowest BCUT2D eigenvalue weighted by Gasteiger charge is -2.10. The summed E-state index contributed by atoms with van der Waals surface area (Å²) >= 11 is 0. The molecule has 0 amide bonds. The van der Waals surface area contributed by atoms with Crippen LogP contribution in [0.3, 0.4) is 0 Å². The first-order valence-corrected chi connectivity index (χ1v) is 11.8. The number of ketones is 1. The summed E-state index contributed by atoms with van der Waals surface area (Å²) in [6, 6.07) is 23.6. The van der Waals surface area contributed by atoms with Crippen molar-refractivity contribution in [3.63, 3.8) is 0 Å². The largest absolute Gasteiger partial charge is 0.493 e. The Morgan fingerprint density at radius 2 is 1.75 bits per heavy atom. The fourth-order valence-electron chi connectivity index (χ4n) is 3.59. The summed E-state index contributed by atoms with van der Waals surface area (Å²) in [4.78, 5) is 28.9. The van der Waals surface area contributed by atoms with Gasteiger partial charge >= 0.3 is 5.97 Å². The van der Waals surface area contributed by atoms with Gasteiger partial charge in [-0.3, -0.25) is 4.79 Å². The van der Waals surface area contributed by atoms with Crippen LogP contribution in [0.5, 0.6) is 11.5 Å². The van der Waals surface area contributed by atoms with Crippen LogP contribution in [-0.2, 0) is 6.61 Å². The minimum absolute atomic E-state index is 0.0389. The van der Waals surface area contributed by atoms with Gasteiger partial charge in [-0.1, -0.05) is 55.8 Å². The Kier molecular flexibility index (Phi) is 8.08. The zero-order valence-corrected chi connectivity index (χ0v) is 20.0. The van der Waals surface area contributed by atoms with Crippen molar-refractivity contribution in [2.24, 2.45) is 0 Å². The van der Waals surface area contributed by atoms with Crippen molar-refractivity contribution in [1.82, 2.24) is 4.98 Å². The maximum absolute atomic E-state index is 12.9. The summed E-state index contributed by atoms with van der Waals surface area (Å²) in [6.45, 7) is 2.85. The summed E-state index contributed by atoms with van der Waals surface area (Å²) in [5.74, 6) is -0.349. The highest BCUT2D eigenvalue weighted by Gasteiger charge is 2.14. The third-order valence-corrected chi connectivity index (χ3v) is 5.60. The number of aromatic carboxylic acids is 1. The predicted octanol–water partition coefficient (Wildman–Crippen LogP) is 6.59. The molecular formula is C30H27NO5. The average molecular weight is 482 g/mol. The van der Waals surface area contributed by atoms with Gasteiger partial charge in [0, 0.05) is 5.39 Å². The molecule has 6 heteroatoms. The summed E-state index contributed by atoms with van der Waals surface area (Å²) < 4.78 is 11.6. The third-order valence-electron chi connectivity index (χ3n) is 5.60. The number of carboxylic acid groups (broad SMARTS) is 1. The highest BCUT2D eigenvalue weighted by atomic mass is 16.5. The molecule has 0 aliphatic carbocycles. The predicted molar refractivity (Wildman–Crippen MR) is 140 cm³/mol. The molecule has 0 unspecified atom stereocenters. The molecule has 0 saturated carbocycles. The fraction of sp³-hybridized carbons (Fsp3) is 0.167. The molecule has 0 atom stereocenters. The molecule has 4 rings (SSSR count). The highest BCUT2D eigenvalue weighted by Crippen LogP contribution is 2.23. The molecule has 0 radical (unpaired) electrons. The Hall–Kier alpha value is -4.45. The number of unbranched alkanes of at least 4 members (excludes halogenated alkanes) is 1. The molecule has 1 aromatic heterocycles. The summed E-state index contributed by atoms with van der Waals surface area (Å²) in [7, 11) is 0. The molecule has 0 fully saturated rings. The van der Waals surface area contributed by atoms with Crippen molar-refractivity contribution in [2.75, 3.05) is 6.61 Å². The van der Waals surface area contributed by atoms with Crippen LogP contribution in [0, 0.1) is 0 Å². The number of pyridine rings is 1. The van der Waals surface area contributed by atoms with E-state index >= 15 is 0 Å². The van der Waals surface area contributed by atoms with Crippen LogP contribution in [0.25, 0.3) is 17.0 Å². The minimum atomic E-state index is -1.09. The number of para-hydroxylation sites is 1. The van der Waals surface area contributed by atoms with E-state index in [1.54, 1.807) is 6.08 Å². The van der Waals surface area contributed by atoms with Gasteiger partial charge in [0.2, 0.25) is 0 Å². The normalized spacial score (nSPS) is 11.0. The van der Waals surface area contributed by atoms with Crippen molar-refractivity contribution in [1.29, 1.82) is 0 Å². The first-order chi connectivity index (χ1) is 17.5. The monoisotopic (exact) mass is 481 g/mol. The van der Waals surface area contributed by atoms with Crippen LogP contribution in [0.15, 0.2) is 84.9 Å². The van der Waals surface area contributed by atoms with Crippen LogP contribution < -0.4 is 9.47 Å². The Morgan fingerprint density at radius 3 is 2.53 bits per heavy atom. The van der Waals surface area contributed by atoms with Crippen LogP contribution in [0.4, 0.5) is 0 Å². The lowest BCUT2D eigenvalue weighted by atomic mass is 10.0. The second kappa shape index (κ2) is 11.8. The number of carbonyl (C=O) groups is 2. The molecule has 36 heavy (non-hydrogen) atoms. The summed E-state index contributed by atoms with van der Waals surface area (Å²) in [5, 5.41) is 10.4. The number of fused-ring (bicyclic) bond motifs is 1. The molecule has 0 aliphatic rings. The van der Waals surface area contributed by atoms with E-state index in [0.29, 0.717) is 24.7 Å². The number of ether oxygens (including phenoxy) is 2. The van der Waals surface area contributed by atoms with Gasteiger partial charge < -0.3 is 14.6 Å².